The van der Waals surface area contributed by atoms with Gasteiger partial charge in [0.15, 0.2) is 0 Å². The molecular formula is C16H18BrNO2. The van der Waals surface area contributed by atoms with E-state index in [9.17, 15) is 0 Å². The van der Waals surface area contributed by atoms with Crippen molar-refractivity contribution >= 4 is 15.9 Å². The van der Waals surface area contributed by atoms with E-state index in [0.29, 0.717) is 0 Å². The van der Waals surface area contributed by atoms with Crippen molar-refractivity contribution in [1.29, 1.82) is 0 Å². The van der Waals surface area contributed by atoms with E-state index in [1.54, 1.807) is 14.2 Å². The van der Waals surface area contributed by atoms with E-state index in [2.05, 4.69) is 35.0 Å². The van der Waals surface area contributed by atoms with Gasteiger partial charge in [-0.05, 0) is 40.5 Å². The second-order valence-electron chi connectivity index (χ2n) is 4.62. The van der Waals surface area contributed by atoms with E-state index in [4.69, 9.17) is 15.2 Å². The van der Waals surface area contributed by atoms with Crippen molar-refractivity contribution in [3.63, 3.8) is 0 Å². The maximum absolute atomic E-state index is 6.38. The van der Waals surface area contributed by atoms with E-state index >= 15 is 0 Å². The van der Waals surface area contributed by atoms with E-state index in [-0.39, 0.29) is 6.04 Å². The van der Waals surface area contributed by atoms with Gasteiger partial charge < -0.3 is 15.2 Å². The van der Waals surface area contributed by atoms with Gasteiger partial charge in [-0.1, -0.05) is 29.8 Å². The number of halogens is 1. The molecule has 2 rings (SSSR count). The molecule has 0 radical (unpaired) electrons. The van der Waals surface area contributed by atoms with Gasteiger partial charge in [-0.2, -0.15) is 0 Å². The van der Waals surface area contributed by atoms with Crippen LogP contribution in [0.4, 0.5) is 0 Å². The van der Waals surface area contributed by atoms with E-state index < -0.39 is 0 Å². The Bertz CT molecular complexity index is 613. The molecule has 0 bridgehead atoms. The molecule has 0 aromatic heterocycles. The second-order valence-corrected chi connectivity index (χ2v) is 5.47. The van der Waals surface area contributed by atoms with Crippen molar-refractivity contribution in [2.24, 2.45) is 5.73 Å². The van der Waals surface area contributed by atoms with Crippen LogP contribution < -0.4 is 15.2 Å². The summed E-state index contributed by atoms with van der Waals surface area (Å²) in [5.41, 5.74) is 9.52. The molecule has 106 valence electrons. The molecule has 0 saturated heterocycles. The van der Waals surface area contributed by atoms with Gasteiger partial charge in [-0.25, -0.2) is 0 Å². The summed E-state index contributed by atoms with van der Waals surface area (Å²) in [7, 11) is 3.27. The summed E-state index contributed by atoms with van der Waals surface area (Å²) < 4.78 is 11.6. The average Bonchev–Trinajstić information content (AvgIpc) is 2.46. The Kier molecular flexibility index (Phi) is 4.68. The zero-order valence-electron chi connectivity index (χ0n) is 11.8. The Morgan fingerprint density at radius 2 is 1.75 bits per heavy atom. The molecular weight excluding hydrogens is 318 g/mol. The molecule has 20 heavy (non-hydrogen) atoms. The first-order valence-corrected chi connectivity index (χ1v) is 7.09. The minimum Gasteiger partial charge on any atom is -0.496 e. The van der Waals surface area contributed by atoms with Gasteiger partial charge in [0.1, 0.15) is 11.5 Å². The molecule has 0 aliphatic carbocycles. The topological polar surface area (TPSA) is 44.5 Å². The molecule has 0 aliphatic rings. The van der Waals surface area contributed by atoms with Crippen LogP contribution in [0.5, 0.6) is 11.5 Å². The molecule has 0 saturated carbocycles. The molecule has 2 aromatic rings. The lowest BCUT2D eigenvalue weighted by Crippen LogP contribution is -2.13. The highest BCUT2D eigenvalue weighted by Crippen LogP contribution is 2.37. The van der Waals surface area contributed by atoms with Crippen molar-refractivity contribution in [3.05, 3.63) is 57.6 Å². The first-order valence-electron chi connectivity index (χ1n) is 6.30. The molecule has 1 unspecified atom stereocenters. The normalized spacial score (nSPS) is 12.1. The maximum Gasteiger partial charge on any atom is 0.133 e. The molecule has 0 fully saturated rings. The summed E-state index contributed by atoms with van der Waals surface area (Å²) >= 11 is 3.45. The first kappa shape index (κ1) is 14.9. The molecule has 2 aromatic carbocycles. The largest absolute Gasteiger partial charge is 0.496 e. The SMILES string of the molecule is COc1cc(C(N)c2cccc(C)c2)c(OC)cc1Br. The third-order valence-corrected chi connectivity index (χ3v) is 3.86. The number of hydrogen-bond acceptors (Lipinski definition) is 3. The lowest BCUT2D eigenvalue weighted by molar-refractivity contribution is 0.395. The van der Waals surface area contributed by atoms with Crippen molar-refractivity contribution in [2.75, 3.05) is 14.2 Å². The first-order chi connectivity index (χ1) is 9.56. The summed E-state index contributed by atoms with van der Waals surface area (Å²) in [6.45, 7) is 2.05. The van der Waals surface area contributed by atoms with Gasteiger partial charge in [0.05, 0.1) is 24.7 Å². The predicted octanol–water partition coefficient (Wildman–Crippen LogP) is 3.82. The third-order valence-electron chi connectivity index (χ3n) is 3.24. The minimum absolute atomic E-state index is 0.258. The fourth-order valence-corrected chi connectivity index (χ4v) is 2.65. The zero-order valence-corrected chi connectivity index (χ0v) is 13.4. The molecule has 0 spiro atoms. The van der Waals surface area contributed by atoms with Crippen molar-refractivity contribution in [1.82, 2.24) is 0 Å². The average molecular weight is 336 g/mol. The highest BCUT2D eigenvalue weighted by Gasteiger charge is 2.17. The lowest BCUT2D eigenvalue weighted by Gasteiger charge is -2.18. The Morgan fingerprint density at radius 3 is 2.35 bits per heavy atom. The van der Waals surface area contributed by atoms with Crippen LogP contribution in [0, 0.1) is 6.92 Å². The Hall–Kier alpha value is -1.52. The Balaban J connectivity index is 2.50. The van der Waals surface area contributed by atoms with Crippen LogP contribution >= 0.6 is 15.9 Å². The Labute approximate surface area is 127 Å². The van der Waals surface area contributed by atoms with Gasteiger partial charge in [-0.15, -0.1) is 0 Å². The van der Waals surface area contributed by atoms with Crippen molar-refractivity contribution in [3.8, 4) is 11.5 Å². The highest BCUT2D eigenvalue weighted by molar-refractivity contribution is 9.10. The monoisotopic (exact) mass is 335 g/mol. The number of aryl methyl sites for hydroxylation is 1. The van der Waals surface area contributed by atoms with Gasteiger partial charge >= 0.3 is 0 Å². The molecule has 4 heteroatoms. The van der Waals surface area contributed by atoms with Crippen LogP contribution in [0.2, 0.25) is 0 Å². The fraction of sp³-hybridized carbons (Fsp3) is 0.250. The van der Waals surface area contributed by atoms with Gasteiger partial charge in [0, 0.05) is 5.56 Å². The summed E-state index contributed by atoms with van der Waals surface area (Å²) in [6.07, 6.45) is 0. The lowest BCUT2D eigenvalue weighted by atomic mass is 9.97. The smallest absolute Gasteiger partial charge is 0.133 e. The zero-order chi connectivity index (χ0) is 14.7. The summed E-state index contributed by atoms with van der Waals surface area (Å²) in [5.74, 6) is 1.48. The maximum atomic E-state index is 6.38. The number of benzene rings is 2. The number of methoxy groups -OCH3 is 2. The van der Waals surface area contributed by atoms with Crippen molar-refractivity contribution in [2.45, 2.75) is 13.0 Å². The number of ether oxygens (including phenoxy) is 2. The van der Waals surface area contributed by atoms with Gasteiger partial charge in [0.25, 0.3) is 0 Å². The third kappa shape index (κ3) is 2.97. The number of hydrogen-bond donors (Lipinski definition) is 1. The molecule has 3 nitrogen and oxygen atoms in total. The molecule has 0 amide bonds. The molecule has 0 heterocycles. The Morgan fingerprint density at radius 1 is 1.05 bits per heavy atom. The molecule has 2 N–H and O–H groups in total. The minimum atomic E-state index is -0.258. The molecule has 1 atom stereocenters. The van der Waals surface area contributed by atoms with E-state index in [1.807, 2.05) is 24.3 Å². The number of rotatable bonds is 4. The number of nitrogens with two attached hydrogens (primary N) is 1. The van der Waals surface area contributed by atoms with E-state index in [0.717, 1.165) is 27.1 Å². The predicted molar refractivity (Wildman–Crippen MR) is 84.5 cm³/mol. The summed E-state index contributed by atoms with van der Waals surface area (Å²) in [5, 5.41) is 0. The van der Waals surface area contributed by atoms with Crippen LogP contribution in [-0.2, 0) is 0 Å². The second kappa shape index (κ2) is 6.29. The fourth-order valence-electron chi connectivity index (χ4n) is 2.17. The molecule has 0 aliphatic heterocycles. The van der Waals surface area contributed by atoms with Crippen LogP contribution in [0.15, 0.2) is 40.9 Å². The van der Waals surface area contributed by atoms with Crippen LogP contribution in [0.3, 0.4) is 0 Å². The van der Waals surface area contributed by atoms with Gasteiger partial charge in [-0.3, -0.25) is 0 Å². The summed E-state index contributed by atoms with van der Waals surface area (Å²) in [4.78, 5) is 0. The van der Waals surface area contributed by atoms with Crippen molar-refractivity contribution < 1.29 is 9.47 Å². The quantitative estimate of drug-likeness (QED) is 0.923. The van der Waals surface area contributed by atoms with Crippen LogP contribution in [0.1, 0.15) is 22.7 Å². The van der Waals surface area contributed by atoms with E-state index in [1.165, 1.54) is 5.56 Å². The summed E-state index contributed by atoms with van der Waals surface area (Å²) in [6, 6.07) is 11.7. The van der Waals surface area contributed by atoms with Crippen LogP contribution in [0.25, 0.3) is 0 Å². The highest BCUT2D eigenvalue weighted by atomic mass is 79.9. The standard InChI is InChI=1S/C16H18BrNO2/c1-10-5-4-6-11(7-10)16(18)12-8-15(20-3)13(17)9-14(12)19-2/h4-9,16H,18H2,1-3H3. The van der Waals surface area contributed by atoms with Gasteiger partial charge in [0.2, 0.25) is 0 Å². The van der Waals surface area contributed by atoms with Crippen LogP contribution in [-0.4, -0.2) is 14.2 Å².